The van der Waals surface area contributed by atoms with Crippen LogP contribution >= 0.6 is 0 Å². The summed E-state index contributed by atoms with van der Waals surface area (Å²) in [5, 5.41) is 3.06. The van der Waals surface area contributed by atoms with E-state index in [0.717, 1.165) is 24.2 Å². The van der Waals surface area contributed by atoms with E-state index in [0.29, 0.717) is 25.9 Å². The van der Waals surface area contributed by atoms with Crippen LogP contribution in [-0.2, 0) is 16.0 Å². The van der Waals surface area contributed by atoms with Gasteiger partial charge in [0.25, 0.3) is 0 Å². The van der Waals surface area contributed by atoms with Gasteiger partial charge in [0, 0.05) is 31.5 Å². The van der Waals surface area contributed by atoms with Gasteiger partial charge in [-0.2, -0.15) is 0 Å². The Morgan fingerprint density at radius 2 is 1.92 bits per heavy atom. The second-order valence-corrected chi connectivity index (χ2v) is 6.63. The molecular formula is C19H28N2O3. The van der Waals surface area contributed by atoms with Crippen LogP contribution in [0.25, 0.3) is 0 Å². The maximum atomic E-state index is 12.4. The van der Waals surface area contributed by atoms with Gasteiger partial charge in [-0.05, 0) is 30.9 Å². The third-order valence-electron chi connectivity index (χ3n) is 4.52. The van der Waals surface area contributed by atoms with Gasteiger partial charge in [-0.3, -0.25) is 9.59 Å². The monoisotopic (exact) mass is 332 g/mol. The van der Waals surface area contributed by atoms with Gasteiger partial charge in [-0.25, -0.2) is 0 Å². The van der Waals surface area contributed by atoms with Crippen molar-refractivity contribution in [1.29, 1.82) is 0 Å². The summed E-state index contributed by atoms with van der Waals surface area (Å²) in [7, 11) is 1.65. The minimum absolute atomic E-state index is 0.00511. The van der Waals surface area contributed by atoms with Crippen LogP contribution in [0.15, 0.2) is 24.3 Å². The van der Waals surface area contributed by atoms with E-state index in [2.05, 4.69) is 5.32 Å². The number of methoxy groups -OCH3 is 1. The van der Waals surface area contributed by atoms with Gasteiger partial charge in [-0.15, -0.1) is 0 Å². The zero-order chi connectivity index (χ0) is 17.5. The largest absolute Gasteiger partial charge is 0.496 e. The molecule has 1 saturated heterocycles. The van der Waals surface area contributed by atoms with Gasteiger partial charge < -0.3 is 15.0 Å². The number of hydrogen-bond donors (Lipinski definition) is 1. The average molecular weight is 332 g/mol. The van der Waals surface area contributed by atoms with Gasteiger partial charge >= 0.3 is 0 Å². The molecule has 132 valence electrons. The highest BCUT2D eigenvalue weighted by Gasteiger charge is 2.24. The van der Waals surface area contributed by atoms with E-state index in [1.54, 1.807) is 7.11 Å². The molecule has 1 N–H and O–H groups in total. The summed E-state index contributed by atoms with van der Waals surface area (Å²) in [5.41, 5.74) is 1.06. The van der Waals surface area contributed by atoms with E-state index in [-0.39, 0.29) is 23.8 Å². The Hall–Kier alpha value is -2.04. The highest BCUT2D eigenvalue weighted by molar-refractivity contribution is 5.78. The fourth-order valence-electron chi connectivity index (χ4n) is 2.95. The zero-order valence-electron chi connectivity index (χ0n) is 14.9. The van der Waals surface area contributed by atoms with E-state index in [1.807, 2.05) is 43.0 Å². The quantitative estimate of drug-likeness (QED) is 0.870. The molecule has 0 bridgehead atoms. The Bertz CT molecular complexity index is 563. The number of para-hydroxylation sites is 1. The molecule has 5 heteroatoms. The summed E-state index contributed by atoms with van der Waals surface area (Å²) in [6.07, 6.45) is 2.84. The molecule has 0 aromatic heterocycles. The first-order valence-corrected chi connectivity index (χ1v) is 8.71. The Morgan fingerprint density at radius 3 is 2.54 bits per heavy atom. The van der Waals surface area contributed by atoms with Crippen molar-refractivity contribution < 1.29 is 14.3 Å². The molecule has 1 fully saturated rings. The number of carbonyl (C=O) groups is 2. The molecule has 1 aliphatic rings. The molecule has 2 amide bonds. The topological polar surface area (TPSA) is 58.6 Å². The Kier molecular flexibility index (Phi) is 6.64. The highest BCUT2D eigenvalue weighted by atomic mass is 16.5. The molecule has 1 heterocycles. The van der Waals surface area contributed by atoms with Gasteiger partial charge in [0.05, 0.1) is 7.11 Å². The smallest absolute Gasteiger partial charge is 0.222 e. The molecule has 2 rings (SSSR count). The summed E-state index contributed by atoms with van der Waals surface area (Å²) in [6.45, 7) is 5.22. The fourth-order valence-corrected chi connectivity index (χ4v) is 2.95. The van der Waals surface area contributed by atoms with E-state index >= 15 is 0 Å². The molecule has 0 radical (unpaired) electrons. The zero-order valence-corrected chi connectivity index (χ0v) is 14.9. The van der Waals surface area contributed by atoms with Crippen LogP contribution in [0.2, 0.25) is 0 Å². The van der Waals surface area contributed by atoms with Gasteiger partial charge in [0.1, 0.15) is 5.75 Å². The van der Waals surface area contributed by atoms with Crippen molar-refractivity contribution in [3.8, 4) is 5.75 Å². The third kappa shape index (κ3) is 4.98. The van der Waals surface area contributed by atoms with Crippen molar-refractivity contribution in [3.63, 3.8) is 0 Å². The summed E-state index contributed by atoms with van der Waals surface area (Å²) >= 11 is 0. The Labute approximate surface area is 144 Å². The standard InChI is InChI=1S/C19H28N2O3/c1-14(2)19(23)20-16-10-12-21(13-11-16)18(22)9-8-15-6-4-5-7-17(15)24-3/h4-7,14,16H,8-13H2,1-3H3,(H,20,23). The fraction of sp³-hybridized carbons (Fsp3) is 0.579. The van der Waals surface area contributed by atoms with Gasteiger partial charge in [-0.1, -0.05) is 32.0 Å². The number of benzene rings is 1. The number of ether oxygens (including phenoxy) is 1. The Morgan fingerprint density at radius 1 is 1.25 bits per heavy atom. The van der Waals surface area contributed by atoms with Crippen molar-refractivity contribution in [2.24, 2.45) is 5.92 Å². The average Bonchev–Trinajstić information content (AvgIpc) is 2.60. The molecule has 0 spiro atoms. The van der Waals surface area contributed by atoms with Crippen molar-refractivity contribution in [2.75, 3.05) is 20.2 Å². The summed E-state index contributed by atoms with van der Waals surface area (Å²) in [4.78, 5) is 26.1. The Balaban J connectivity index is 1.78. The van der Waals surface area contributed by atoms with Crippen LogP contribution in [0.3, 0.4) is 0 Å². The predicted molar refractivity (Wildman–Crippen MR) is 93.9 cm³/mol. The minimum Gasteiger partial charge on any atom is -0.496 e. The van der Waals surface area contributed by atoms with Crippen LogP contribution in [0, 0.1) is 5.92 Å². The van der Waals surface area contributed by atoms with Crippen LogP contribution in [0.5, 0.6) is 5.75 Å². The van der Waals surface area contributed by atoms with Crippen LogP contribution in [0.4, 0.5) is 0 Å². The number of nitrogens with zero attached hydrogens (tertiary/aromatic N) is 1. The van der Waals surface area contributed by atoms with Crippen molar-refractivity contribution >= 4 is 11.8 Å². The van der Waals surface area contributed by atoms with Gasteiger partial charge in [0.15, 0.2) is 0 Å². The molecular weight excluding hydrogens is 304 g/mol. The first-order chi connectivity index (χ1) is 11.5. The summed E-state index contributed by atoms with van der Waals surface area (Å²) in [5.74, 6) is 1.11. The normalized spacial score (nSPS) is 15.4. The highest BCUT2D eigenvalue weighted by Crippen LogP contribution is 2.20. The first-order valence-electron chi connectivity index (χ1n) is 8.71. The van der Waals surface area contributed by atoms with Crippen molar-refractivity contribution in [2.45, 2.75) is 45.6 Å². The SMILES string of the molecule is COc1ccccc1CCC(=O)N1CCC(NC(=O)C(C)C)CC1. The molecule has 1 aromatic rings. The maximum Gasteiger partial charge on any atom is 0.222 e. The first kappa shape index (κ1) is 18.3. The van der Waals surface area contributed by atoms with Gasteiger partial charge in [0.2, 0.25) is 11.8 Å². The summed E-state index contributed by atoms with van der Waals surface area (Å²) < 4.78 is 5.33. The number of rotatable bonds is 6. The number of aryl methyl sites for hydroxylation is 1. The summed E-state index contributed by atoms with van der Waals surface area (Å²) in [6, 6.07) is 8.01. The number of hydrogen-bond acceptors (Lipinski definition) is 3. The van der Waals surface area contributed by atoms with E-state index < -0.39 is 0 Å². The lowest BCUT2D eigenvalue weighted by Crippen LogP contribution is -2.47. The lowest BCUT2D eigenvalue weighted by molar-refractivity contribution is -0.132. The number of likely N-dealkylation sites (tertiary alicyclic amines) is 1. The second-order valence-electron chi connectivity index (χ2n) is 6.63. The predicted octanol–water partition coefficient (Wildman–Crippen LogP) is 2.39. The van der Waals surface area contributed by atoms with Crippen LogP contribution in [0.1, 0.15) is 38.7 Å². The van der Waals surface area contributed by atoms with Crippen LogP contribution < -0.4 is 10.1 Å². The molecule has 1 aliphatic heterocycles. The van der Waals surface area contributed by atoms with E-state index in [1.165, 1.54) is 0 Å². The number of nitrogens with one attached hydrogen (secondary N) is 1. The lowest BCUT2D eigenvalue weighted by Gasteiger charge is -2.33. The molecule has 0 unspecified atom stereocenters. The maximum absolute atomic E-state index is 12.4. The molecule has 24 heavy (non-hydrogen) atoms. The lowest BCUT2D eigenvalue weighted by atomic mass is 10.0. The second kappa shape index (κ2) is 8.71. The molecule has 0 saturated carbocycles. The van der Waals surface area contributed by atoms with E-state index in [4.69, 9.17) is 4.74 Å². The van der Waals surface area contributed by atoms with E-state index in [9.17, 15) is 9.59 Å². The molecule has 5 nitrogen and oxygen atoms in total. The molecule has 0 atom stereocenters. The van der Waals surface area contributed by atoms with Crippen molar-refractivity contribution in [3.05, 3.63) is 29.8 Å². The molecule has 1 aromatic carbocycles. The minimum atomic E-state index is 0.00511. The number of amides is 2. The van der Waals surface area contributed by atoms with Crippen molar-refractivity contribution in [1.82, 2.24) is 10.2 Å². The number of carbonyl (C=O) groups excluding carboxylic acids is 2. The van der Waals surface area contributed by atoms with Crippen LogP contribution in [-0.4, -0.2) is 43.0 Å². The number of piperidine rings is 1. The third-order valence-corrected chi connectivity index (χ3v) is 4.52. The molecule has 0 aliphatic carbocycles.